The van der Waals surface area contributed by atoms with E-state index in [1.807, 2.05) is 6.92 Å². The largest absolute Gasteiger partial charge is 0.459 e. The van der Waals surface area contributed by atoms with Gasteiger partial charge in [0, 0.05) is 6.42 Å². The number of rotatable bonds is 3. The number of aliphatic hydroxyl groups excluding tert-OH is 1. The van der Waals surface area contributed by atoms with Crippen LogP contribution in [0.4, 0.5) is 0 Å². The first-order chi connectivity index (χ1) is 5.65. The molecule has 1 rings (SSSR count). The van der Waals surface area contributed by atoms with Gasteiger partial charge < -0.3 is 9.84 Å². The van der Waals surface area contributed by atoms with Crippen LogP contribution in [-0.2, 0) is 9.53 Å². The van der Waals surface area contributed by atoms with E-state index < -0.39 is 6.10 Å². The fourth-order valence-corrected chi connectivity index (χ4v) is 1.55. The molecule has 0 aliphatic carbocycles. The first kappa shape index (κ1) is 9.52. The molecule has 0 aromatic heterocycles. The minimum absolute atomic E-state index is 0.0228. The van der Waals surface area contributed by atoms with Gasteiger partial charge in [0.05, 0.1) is 12.0 Å². The molecule has 3 heteroatoms. The third-order valence-corrected chi connectivity index (χ3v) is 2.29. The SMILES string of the molecule is CCC[C@@H]1C[C@@H]([C@H](C)O)OC1=O. The predicted octanol–water partition coefficient (Wildman–Crippen LogP) is 1.10. The maximum absolute atomic E-state index is 11.1. The average molecular weight is 172 g/mol. The van der Waals surface area contributed by atoms with Gasteiger partial charge in [-0.25, -0.2) is 0 Å². The highest BCUT2D eigenvalue weighted by Crippen LogP contribution is 2.26. The molecule has 0 aromatic carbocycles. The van der Waals surface area contributed by atoms with E-state index in [2.05, 4.69) is 0 Å². The Hall–Kier alpha value is -0.570. The molecule has 0 radical (unpaired) electrons. The topological polar surface area (TPSA) is 46.5 Å². The molecule has 0 saturated carbocycles. The van der Waals surface area contributed by atoms with Gasteiger partial charge in [-0.1, -0.05) is 13.3 Å². The second-order valence-corrected chi connectivity index (χ2v) is 3.44. The van der Waals surface area contributed by atoms with Gasteiger partial charge in [-0.2, -0.15) is 0 Å². The van der Waals surface area contributed by atoms with E-state index in [1.165, 1.54) is 0 Å². The number of cyclic esters (lactones) is 1. The maximum atomic E-state index is 11.1. The Labute approximate surface area is 72.7 Å². The highest BCUT2D eigenvalue weighted by molar-refractivity contribution is 5.74. The second kappa shape index (κ2) is 3.90. The Morgan fingerprint density at radius 1 is 1.75 bits per heavy atom. The summed E-state index contributed by atoms with van der Waals surface area (Å²) in [5.74, 6) is -0.114. The summed E-state index contributed by atoms with van der Waals surface area (Å²) in [5, 5.41) is 9.18. The number of hydrogen-bond donors (Lipinski definition) is 1. The van der Waals surface area contributed by atoms with Crippen LogP contribution >= 0.6 is 0 Å². The zero-order valence-electron chi connectivity index (χ0n) is 7.62. The Morgan fingerprint density at radius 2 is 2.42 bits per heavy atom. The molecule has 3 nitrogen and oxygen atoms in total. The van der Waals surface area contributed by atoms with Crippen molar-refractivity contribution in [2.45, 2.75) is 45.3 Å². The van der Waals surface area contributed by atoms with Gasteiger partial charge in [0.1, 0.15) is 6.10 Å². The molecule has 1 fully saturated rings. The summed E-state index contributed by atoms with van der Waals surface area (Å²) < 4.78 is 5.00. The van der Waals surface area contributed by atoms with Crippen molar-refractivity contribution in [3.63, 3.8) is 0 Å². The fourth-order valence-electron chi connectivity index (χ4n) is 1.55. The first-order valence-electron chi connectivity index (χ1n) is 4.53. The number of esters is 1. The van der Waals surface area contributed by atoms with Crippen LogP contribution in [0.3, 0.4) is 0 Å². The molecule has 1 aliphatic heterocycles. The Bertz CT molecular complexity index is 165. The van der Waals surface area contributed by atoms with Crippen LogP contribution in [0.2, 0.25) is 0 Å². The monoisotopic (exact) mass is 172 g/mol. The van der Waals surface area contributed by atoms with Gasteiger partial charge in [-0.05, 0) is 13.3 Å². The summed E-state index contributed by atoms with van der Waals surface area (Å²) in [7, 11) is 0. The van der Waals surface area contributed by atoms with Crippen LogP contribution in [0.25, 0.3) is 0 Å². The predicted molar refractivity (Wildman–Crippen MR) is 44.6 cm³/mol. The molecular weight excluding hydrogens is 156 g/mol. The zero-order valence-corrected chi connectivity index (χ0v) is 7.62. The van der Waals surface area contributed by atoms with E-state index in [0.29, 0.717) is 6.42 Å². The Balaban J connectivity index is 2.44. The van der Waals surface area contributed by atoms with Crippen LogP contribution in [-0.4, -0.2) is 23.3 Å². The molecule has 0 aromatic rings. The van der Waals surface area contributed by atoms with Crippen molar-refractivity contribution in [3.05, 3.63) is 0 Å². The molecule has 1 aliphatic rings. The minimum Gasteiger partial charge on any atom is -0.459 e. The van der Waals surface area contributed by atoms with Crippen LogP contribution in [0.5, 0.6) is 0 Å². The highest BCUT2D eigenvalue weighted by Gasteiger charge is 2.35. The highest BCUT2D eigenvalue weighted by atomic mass is 16.6. The Kier molecular flexibility index (Phi) is 3.09. The number of aliphatic hydroxyl groups is 1. The first-order valence-corrected chi connectivity index (χ1v) is 4.53. The van der Waals surface area contributed by atoms with Crippen molar-refractivity contribution in [2.75, 3.05) is 0 Å². The molecule has 0 bridgehead atoms. The number of carbonyl (C=O) groups excluding carboxylic acids is 1. The lowest BCUT2D eigenvalue weighted by Gasteiger charge is -2.10. The third-order valence-electron chi connectivity index (χ3n) is 2.29. The number of ether oxygens (including phenoxy) is 1. The Morgan fingerprint density at radius 3 is 2.83 bits per heavy atom. The third kappa shape index (κ3) is 1.97. The summed E-state index contributed by atoms with van der Waals surface area (Å²) in [6.07, 6.45) is 1.75. The van der Waals surface area contributed by atoms with E-state index in [-0.39, 0.29) is 18.0 Å². The quantitative estimate of drug-likeness (QED) is 0.648. The number of hydrogen-bond acceptors (Lipinski definition) is 3. The fraction of sp³-hybridized carbons (Fsp3) is 0.889. The summed E-state index contributed by atoms with van der Waals surface area (Å²) in [4.78, 5) is 11.1. The standard InChI is InChI=1S/C9H16O3/c1-3-4-7-5-8(6(2)10)12-9(7)11/h6-8,10H,3-5H2,1-2H3/t6-,7+,8-/m0/s1. The van der Waals surface area contributed by atoms with Gasteiger partial charge in [-0.15, -0.1) is 0 Å². The van der Waals surface area contributed by atoms with E-state index in [9.17, 15) is 9.90 Å². The smallest absolute Gasteiger partial charge is 0.309 e. The van der Waals surface area contributed by atoms with E-state index in [4.69, 9.17) is 4.74 Å². The van der Waals surface area contributed by atoms with Crippen molar-refractivity contribution in [3.8, 4) is 0 Å². The maximum Gasteiger partial charge on any atom is 0.309 e. The molecular formula is C9H16O3. The van der Waals surface area contributed by atoms with Crippen molar-refractivity contribution >= 4 is 5.97 Å². The lowest BCUT2D eigenvalue weighted by molar-refractivity contribution is -0.147. The van der Waals surface area contributed by atoms with Gasteiger partial charge in [0.25, 0.3) is 0 Å². The molecule has 0 spiro atoms. The van der Waals surface area contributed by atoms with Crippen molar-refractivity contribution < 1.29 is 14.6 Å². The molecule has 12 heavy (non-hydrogen) atoms. The average Bonchev–Trinajstić information content (AvgIpc) is 2.34. The molecule has 1 saturated heterocycles. The molecule has 1 heterocycles. The molecule has 0 unspecified atom stereocenters. The summed E-state index contributed by atoms with van der Waals surface area (Å²) in [6.45, 7) is 3.70. The van der Waals surface area contributed by atoms with Crippen LogP contribution < -0.4 is 0 Å². The van der Waals surface area contributed by atoms with Gasteiger partial charge in [0.15, 0.2) is 0 Å². The lowest BCUT2D eigenvalue weighted by atomic mass is 9.98. The molecule has 1 N–H and O–H groups in total. The van der Waals surface area contributed by atoms with Crippen LogP contribution in [0, 0.1) is 5.92 Å². The van der Waals surface area contributed by atoms with Crippen molar-refractivity contribution in [2.24, 2.45) is 5.92 Å². The normalized spacial score (nSPS) is 31.8. The van der Waals surface area contributed by atoms with Gasteiger partial charge >= 0.3 is 5.97 Å². The second-order valence-electron chi connectivity index (χ2n) is 3.44. The molecule has 70 valence electrons. The summed E-state index contributed by atoms with van der Waals surface area (Å²) >= 11 is 0. The van der Waals surface area contributed by atoms with E-state index in [1.54, 1.807) is 6.92 Å². The summed E-state index contributed by atoms with van der Waals surface area (Å²) in [5.41, 5.74) is 0. The summed E-state index contributed by atoms with van der Waals surface area (Å²) in [6, 6.07) is 0. The van der Waals surface area contributed by atoms with Crippen molar-refractivity contribution in [1.82, 2.24) is 0 Å². The van der Waals surface area contributed by atoms with Crippen LogP contribution in [0.1, 0.15) is 33.1 Å². The number of carbonyl (C=O) groups is 1. The zero-order chi connectivity index (χ0) is 9.14. The van der Waals surface area contributed by atoms with Gasteiger partial charge in [0.2, 0.25) is 0 Å². The van der Waals surface area contributed by atoms with Gasteiger partial charge in [-0.3, -0.25) is 4.79 Å². The van der Waals surface area contributed by atoms with Crippen molar-refractivity contribution in [1.29, 1.82) is 0 Å². The minimum atomic E-state index is -0.532. The van der Waals surface area contributed by atoms with E-state index >= 15 is 0 Å². The lowest BCUT2D eigenvalue weighted by Crippen LogP contribution is -2.21. The van der Waals surface area contributed by atoms with Crippen LogP contribution in [0.15, 0.2) is 0 Å². The molecule has 0 amide bonds. The van der Waals surface area contributed by atoms with E-state index in [0.717, 1.165) is 12.8 Å². The molecule has 3 atom stereocenters.